The molecular formula is C16H20BrN3O3. The van der Waals surface area contributed by atoms with Gasteiger partial charge in [-0.3, -0.25) is 14.9 Å². The summed E-state index contributed by atoms with van der Waals surface area (Å²) in [6.45, 7) is 4.76. The molecule has 23 heavy (non-hydrogen) atoms. The Bertz CT molecular complexity index is 631. The number of urea groups is 1. The van der Waals surface area contributed by atoms with E-state index in [0.29, 0.717) is 6.54 Å². The molecule has 0 atom stereocenters. The van der Waals surface area contributed by atoms with Gasteiger partial charge in [0.05, 0.1) is 0 Å². The van der Waals surface area contributed by atoms with Crippen LogP contribution in [0.2, 0.25) is 0 Å². The fraction of sp³-hybridized carbons (Fsp3) is 0.438. The van der Waals surface area contributed by atoms with Crippen molar-refractivity contribution in [2.75, 3.05) is 19.6 Å². The number of rotatable bonds is 5. The average Bonchev–Trinajstić information content (AvgIpc) is 2.48. The lowest BCUT2D eigenvalue weighted by Crippen LogP contribution is -2.53. The van der Waals surface area contributed by atoms with Gasteiger partial charge < -0.3 is 10.2 Å². The van der Waals surface area contributed by atoms with Gasteiger partial charge in [0.1, 0.15) is 6.54 Å². The fourth-order valence-corrected chi connectivity index (χ4v) is 2.71. The number of amides is 4. The van der Waals surface area contributed by atoms with Crippen LogP contribution in [0.25, 0.3) is 0 Å². The van der Waals surface area contributed by atoms with Gasteiger partial charge in [-0.05, 0) is 17.7 Å². The SMILES string of the molecule is CC(C)(CNC(=O)CN1CCC(=O)NC1=O)c1cccc(Br)c1. The van der Waals surface area contributed by atoms with Crippen molar-refractivity contribution >= 4 is 33.8 Å². The summed E-state index contributed by atoms with van der Waals surface area (Å²) in [6.07, 6.45) is 0.225. The molecule has 0 unspecified atom stereocenters. The zero-order valence-corrected chi connectivity index (χ0v) is 14.8. The Morgan fingerprint density at radius 3 is 2.78 bits per heavy atom. The van der Waals surface area contributed by atoms with Crippen LogP contribution in [0.3, 0.4) is 0 Å². The second-order valence-corrected chi connectivity index (χ2v) is 7.11. The molecule has 0 bridgehead atoms. The molecule has 6 nitrogen and oxygen atoms in total. The number of carbonyl (C=O) groups excluding carboxylic acids is 3. The monoisotopic (exact) mass is 381 g/mol. The maximum absolute atomic E-state index is 12.1. The number of benzene rings is 1. The summed E-state index contributed by atoms with van der Waals surface area (Å²) in [6, 6.07) is 7.44. The molecule has 1 aliphatic heterocycles. The van der Waals surface area contributed by atoms with Gasteiger partial charge in [-0.25, -0.2) is 4.79 Å². The van der Waals surface area contributed by atoms with Gasteiger partial charge >= 0.3 is 6.03 Å². The maximum Gasteiger partial charge on any atom is 0.324 e. The quantitative estimate of drug-likeness (QED) is 0.815. The van der Waals surface area contributed by atoms with E-state index in [9.17, 15) is 14.4 Å². The van der Waals surface area contributed by atoms with Crippen molar-refractivity contribution in [3.63, 3.8) is 0 Å². The molecule has 124 valence electrons. The summed E-state index contributed by atoms with van der Waals surface area (Å²) in [5.41, 5.74) is 0.869. The summed E-state index contributed by atoms with van der Waals surface area (Å²) in [7, 11) is 0. The van der Waals surface area contributed by atoms with Gasteiger partial charge in [-0.1, -0.05) is 41.9 Å². The predicted octanol–water partition coefficient (Wildman–Crippen LogP) is 1.78. The Balaban J connectivity index is 1.88. The minimum Gasteiger partial charge on any atom is -0.354 e. The largest absolute Gasteiger partial charge is 0.354 e. The van der Waals surface area contributed by atoms with E-state index < -0.39 is 6.03 Å². The molecule has 0 aliphatic carbocycles. The zero-order chi connectivity index (χ0) is 17.0. The Kier molecular flexibility index (Phi) is 5.41. The standard InChI is InChI=1S/C16H20BrN3O3/c1-16(2,11-4-3-5-12(17)8-11)10-18-14(22)9-20-7-6-13(21)19-15(20)23/h3-5,8H,6-7,9-10H2,1-2H3,(H,18,22)(H,19,21,23). The molecule has 4 amide bonds. The van der Waals surface area contributed by atoms with Crippen molar-refractivity contribution in [1.82, 2.24) is 15.5 Å². The Labute approximate surface area is 143 Å². The number of nitrogens with zero attached hydrogens (tertiary/aromatic N) is 1. The van der Waals surface area contributed by atoms with Gasteiger partial charge in [-0.2, -0.15) is 0 Å². The van der Waals surface area contributed by atoms with Crippen molar-refractivity contribution < 1.29 is 14.4 Å². The highest BCUT2D eigenvalue weighted by Gasteiger charge is 2.26. The topological polar surface area (TPSA) is 78.5 Å². The van der Waals surface area contributed by atoms with Crippen LogP contribution >= 0.6 is 15.9 Å². The smallest absolute Gasteiger partial charge is 0.324 e. The molecule has 0 spiro atoms. The van der Waals surface area contributed by atoms with Crippen molar-refractivity contribution in [3.8, 4) is 0 Å². The molecule has 7 heteroatoms. The van der Waals surface area contributed by atoms with Crippen LogP contribution in [0.4, 0.5) is 4.79 Å². The third-order valence-corrected chi connectivity index (χ3v) is 4.30. The summed E-state index contributed by atoms with van der Waals surface area (Å²) in [5, 5.41) is 5.06. The van der Waals surface area contributed by atoms with Crippen molar-refractivity contribution in [1.29, 1.82) is 0 Å². The molecule has 1 aliphatic rings. The molecule has 2 rings (SSSR count). The van der Waals surface area contributed by atoms with Crippen LogP contribution in [0.1, 0.15) is 25.8 Å². The number of hydrogen-bond donors (Lipinski definition) is 2. The van der Waals surface area contributed by atoms with E-state index in [1.165, 1.54) is 4.90 Å². The van der Waals surface area contributed by atoms with E-state index in [0.717, 1.165) is 10.0 Å². The van der Waals surface area contributed by atoms with E-state index in [1.807, 2.05) is 38.1 Å². The summed E-state index contributed by atoms with van der Waals surface area (Å²) >= 11 is 3.45. The molecule has 0 aromatic heterocycles. The number of halogens is 1. The Hall–Kier alpha value is -1.89. The number of carbonyl (C=O) groups is 3. The predicted molar refractivity (Wildman–Crippen MR) is 89.9 cm³/mol. The second-order valence-electron chi connectivity index (χ2n) is 6.20. The third-order valence-electron chi connectivity index (χ3n) is 3.81. The first kappa shape index (κ1) is 17.5. The second kappa shape index (κ2) is 7.12. The van der Waals surface area contributed by atoms with Crippen molar-refractivity contribution in [2.24, 2.45) is 0 Å². The minimum absolute atomic E-state index is 0.0479. The van der Waals surface area contributed by atoms with Gasteiger partial charge in [0.25, 0.3) is 0 Å². The van der Waals surface area contributed by atoms with Crippen LogP contribution < -0.4 is 10.6 Å². The van der Waals surface area contributed by atoms with E-state index in [-0.39, 0.29) is 36.7 Å². The molecule has 2 N–H and O–H groups in total. The first-order valence-corrected chi connectivity index (χ1v) is 8.19. The first-order valence-electron chi connectivity index (χ1n) is 7.39. The lowest BCUT2D eigenvalue weighted by atomic mass is 9.84. The van der Waals surface area contributed by atoms with Crippen LogP contribution in [0, 0.1) is 0 Å². The van der Waals surface area contributed by atoms with Gasteiger partial charge in [0.15, 0.2) is 0 Å². The van der Waals surface area contributed by atoms with Gasteiger partial charge in [-0.15, -0.1) is 0 Å². The number of hydrogen-bond acceptors (Lipinski definition) is 3. The molecule has 1 aromatic carbocycles. The van der Waals surface area contributed by atoms with E-state index in [2.05, 4.69) is 26.6 Å². The van der Waals surface area contributed by atoms with E-state index >= 15 is 0 Å². The first-order chi connectivity index (χ1) is 10.8. The highest BCUT2D eigenvalue weighted by Crippen LogP contribution is 2.25. The van der Waals surface area contributed by atoms with Crippen LogP contribution in [-0.2, 0) is 15.0 Å². The molecule has 1 aromatic rings. The third kappa shape index (κ3) is 4.79. The lowest BCUT2D eigenvalue weighted by molar-refractivity contribution is -0.125. The Morgan fingerprint density at radius 1 is 1.39 bits per heavy atom. The molecule has 1 saturated heterocycles. The van der Waals surface area contributed by atoms with Gasteiger partial charge in [0, 0.05) is 29.4 Å². The van der Waals surface area contributed by atoms with Crippen molar-refractivity contribution in [2.45, 2.75) is 25.7 Å². The van der Waals surface area contributed by atoms with Gasteiger partial charge in [0.2, 0.25) is 11.8 Å². The van der Waals surface area contributed by atoms with E-state index in [4.69, 9.17) is 0 Å². The van der Waals surface area contributed by atoms with E-state index in [1.54, 1.807) is 0 Å². The van der Waals surface area contributed by atoms with Crippen LogP contribution in [-0.4, -0.2) is 42.4 Å². The summed E-state index contributed by atoms with van der Waals surface area (Å²) < 4.78 is 0.990. The van der Waals surface area contributed by atoms with Crippen molar-refractivity contribution in [3.05, 3.63) is 34.3 Å². The van der Waals surface area contributed by atoms with Crippen LogP contribution in [0.5, 0.6) is 0 Å². The number of nitrogens with one attached hydrogen (secondary N) is 2. The average molecular weight is 382 g/mol. The zero-order valence-electron chi connectivity index (χ0n) is 13.2. The van der Waals surface area contributed by atoms with Crippen LogP contribution in [0.15, 0.2) is 28.7 Å². The molecular weight excluding hydrogens is 362 g/mol. The number of imide groups is 1. The highest BCUT2D eigenvalue weighted by atomic mass is 79.9. The normalized spacial score (nSPS) is 15.3. The minimum atomic E-state index is -0.511. The Morgan fingerprint density at radius 2 is 2.13 bits per heavy atom. The fourth-order valence-electron chi connectivity index (χ4n) is 2.31. The molecule has 1 fully saturated rings. The maximum atomic E-state index is 12.1. The highest BCUT2D eigenvalue weighted by molar-refractivity contribution is 9.10. The molecule has 0 saturated carbocycles. The molecule has 0 radical (unpaired) electrons. The summed E-state index contributed by atoms with van der Waals surface area (Å²) in [4.78, 5) is 36.1. The molecule has 1 heterocycles. The summed E-state index contributed by atoms with van der Waals surface area (Å²) in [5.74, 6) is -0.542. The lowest BCUT2D eigenvalue weighted by Gasteiger charge is -2.28.